The molecule has 1 fully saturated rings. The van der Waals surface area contributed by atoms with Gasteiger partial charge in [-0.3, -0.25) is 14.9 Å². The van der Waals surface area contributed by atoms with Crippen LogP contribution in [0.1, 0.15) is 24.1 Å². The van der Waals surface area contributed by atoms with Gasteiger partial charge in [-0.2, -0.15) is 0 Å². The number of aryl methyl sites for hydroxylation is 1. The summed E-state index contributed by atoms with van der Waals surface area (Å²) in [6.45, 7) is 6.91. The van der Waals surface area contributed by atoms with Gasteiger partial charge in [-0.05, 0) is 43.7 Å². The Balaban J connectivity index is 1.55. The summed E-state index contributed by atoms with van der Waals surface area (Å²) in [5, 5.41) is 3.56. The highest BCUT2D eigenvalue weighted by atomic mass is 35.5. The number of guanidine groups is 1. The summed E-state index contributed by atoms with van der Waals surface area (Å²) in [5.41, 5.74) is 3.04. The normalized spacial score (nSPS) is 21.1. The molecule has 4 rings (SSSR count). The Labute approximate surface area is 193 Å². The number of hydrogen-bond acceptors (Lipinski definition) is 6. The molecular weight excluding hydrogens is 428 g/mol. The number of halogens is 1. The molecule has 8 heteroatoms. The predicted octanol–water partition coefficient (Wildman–Crippen LogP) is 3.18. The van der Waals surface area contributed by atoms with E-state index in [-0.39, 0.29) is 12.5 Å². The van der Waals surface area contributed by atoms with Gasteiger partial charge in [-0.25, -0.2) is 4.99 Å². The Morgan fingerprint density at radius 2 is 1.69 bits per heavy atom. The summed E-state index contributed by atoms with van der Waals surface area (Å²) in [6.07, 6.45) is 0. The number of carbonyl (C=O) groups excluding carboxylic acids is 2. The second-order valence-corrected chi connectivity index (χ2v) is 8.41. The summed E-state index contributed by atoms with van der Waals surface area (Å²) in [5.74, 6) is -1.42. The van der Waals surface area contributed by atoms with Gasteiger partial charge < -0.3 is 14.5 Å². The van der Waals surface area contributed by atoms with E-state index in [1.165, 1.54) is 0 Å². The van der Waals surface area contributed by atoms with Gasteiger partial charge in [0.25, 0.3) is 0 Å². The molecule has 2 heterocycles. The van der Waals surface area contributed by atoms with E-state index >= 15 is 0 Å². The number of piperazine rings is 1. The highest BCUT2D eigenvalue weighted by molar-refractivity contribution is 6.30. The van der Waals surface area contributed by atoms with E-state index in [0.29, 0.717) is 24.1 Å². The number of esters is 1. The van der Waals surface area contributed by atoms with Crippen molar-refractivity contribution in [3.8, 4) is 0 Å². The average molecular weight is 455 g/mol. The number of rotatable bonds is 4. The van der Waals surface area contributed by atoms with E-state index in [1.807, 2.05) is 55.5 Å². The lowest BCUT2D eigenvalue weighted by Crippen LogP contribution is -2.57. The summed E-state index contributed by atoms with van der Waals surface area (Å²) < 4.78 is 5.18. The van der Waals surface area contributed by atoms with Crippen LogP contribution in [-0.2, 0) is 14.3 Å². The third-order valence-electron chi connectivity index (χ3n) is 5.82. The van der Waals surface area contributed by atoms with Gasteiger partial charge in [0.1, 0.15) is 6.04 Å². The monoisotopic (exact) mass is 454 g/mol. The molecule has 0 aromatic heterocycles. The molecule has 32 heavy (non-hydrogen) atoms. The van der Waals surface area contributed by atoms with Crippen molar-refractivity contribution >= 4 is 35.1 Å². The Morgan fingerprint density at radius 3 is 2.31 bits per heavy atom. The van der Waals surface area contributed by atoms with Crippen LogP contribution in [-0.4, -0.2) is 55.5 Å². The molecule has 7 nitrogen and oxygen atoms in total. The number of nitrogens with zero attached hydrogens (tertiary/aromatic N) is 3. The van der Waals surface area contributed by atoms with Crippen LogP contribution < -0.4 is 10.2 Å². The number of nitrogens with one attached hydrogen (secondary N) is 1. The fourth-order valence-electron chi connectivity index (χ4n) is 4.06. The minimum atomic E-state index is -1.00. The molecular formula is C24H27ClN4O3. The molecule has 2 aromatic carbocycles. The zero-order valence-electron chi connectivity index (χ0n) is 18.3. The minimum Gasteiger partial charge on any atom is -0.465 e. The molecule has 0 aliphatic carbocycles. The minimum absolute atomic E-state index is 0.215. The third kappa shape index (κ3) is 4.72. The Morgan fingerprint density at radius 1 is 1.06 bits per heavy atom. The SMILES string of the molecule is CCOC(=O)[C@H]1C(=O)NC(N2CCN(c3ccc(Cl)cc3)CC2)=N[C@@H]1c1ccc(C)cc1. The van der Waals surface area contributed by atoms with Crippen molar-refractivity contribution in [2.24, 2.45) is 10.9 Å². The number of ether oxygens (including phenoxy) is 1. The largest absolute Gasteiger partial charge is 0.465 e. The molecule has 0 radical (unpaired) electrons. The first kappa shape index (κ1) is 22.1. The zero-order chi connectivity index (χ0) is 22.7. The molecule has 2 aromatic rings. The highest BCUT2D eigenvalue weighted by Crippen LogP contribution is 2.31. The molecule has 1 amide bonds. The van der Waals surface area contributed by atoms with Crippen LogP contribution in [0.15, 0.2) is 53.5 Å². The van der Waals surface area contributed by atoms with Crippen molar-refractivity contribution in [1.29, 1.82) is 0 Å². The molecule has 0 spiro atoms. The number of aliphatic imine (C=N–C) groups is 1. The lowest BCUT2D eigenvalue weighted by Gasteiger charge is -2.39. The maximum Gasteiger partial charge on any atom is 0.321 e. The number of anilines is 1. The Hall–Kier alpha value is -3.06. The maximum absolute atomic E-state index is 13.0. The van der Waals surface area contributed by atoms with Crippen molar-refractivity contribution in [1.82, 2.24) is 10.2 Å². The van der Waals surface area contributed by atoms with Crippen molar-refractivity contribution in [2.45, 2.75) is 19.9 Å². The molecule has 2 aliphatic heterocycles. The number of hydrogen-bond donors (Lipinski definition) is 1. The molecule has 0 unspecified atom stereocenters. The van der Waals surface area contributed by atoms with Gasteiger partial charge in [0.2, 0.25) is 11.9 Å². The summed E-state index contributed by atoms with van der Waals surface area (Å²) in [6, 6.07) is 14.9. The van der Waals surface area contributed by atoms with E-state index < -0.39 is 17.9 Å². The van der Waals surface area contributed by atoms with Crippen LogP contribution in [0.5, 0.6) is 0 Å². The first-order valence-electron chi connectivity index (χ1n) is 10.8. The summed E-state index contributed by atoms with van der Waals surface area (Å²) in [4.78, 5) is 34.7. The van der Waals surface area contributed by atoms with E-state index in [0.717, 1.165) is 29.9 Å². The molecule has 2 atom stereocenters. The standard InChI is InChI=1S/C24H27ClN4O3/c1-3-32-23(31)20-21(17-6-4-16(2)5-7-17)26-24(27-22(20)30)29-14-12-28(13-15-29)19-10-8-18(25)9-11-19/h4-11,20-21H,3,12-15H2,1-2H3,(H,26,27,30)/t20-,21-/m1/s1. The van der Waals surface area contributed by atoms with E-state index in [1.54, 1.807) is 6.92 Å². The second-order valence-electron chi connectivity index (χ2n) is 7.98. The van der Waals surface area contributed by atoms with Gasteiger partial charge in [0.05, 0.1) is 6.61 Å². The molecule has 0 bridgehead atoms. The highest BCUT2D eigenvalue weighted by Gasteiger charge is 2.42. The van der Waals surface area contributed by atoms with Crippen molar-refractivity contribution < 1.29 is 14.3 Å². The average Bonchev–Trinajstić information content (AvgIpc) is 2.80. The van der Waals surface area contributed by atoms with Crippen LogP contribution in [0, 0.1) is 12.8 Å². The second kappa shape index (κ2) is 9.61. The first-order chi connectivity index (χ1) is 15.5. The van der Waals surface area contributed by atoms with Crippen molar-refractivity contribution in [2.75, 3.05) is 37.7 Å². The van der Waals surface area contributed by atoms with Crippen molar-refractivity contribution in [3.05, 3.63) is 64.7 Å². The van der Waals surface area contributed by atoms with Crippen LogP contribution >= 0.6 is 11.6 Å². The molecule has 168 valence electrons. The van der Waals surface area contributed by atoms with Crippen LogP contribution in [0.4, 0.5) is 5.69 Å². The lowest BCUT2D eigenvalue weighted by atomic mass is 9.91. The van der Waals surface area contributed by atoms with Crippen molar-refractivity contribution in [3.63, 3.8) is 0 Å². The van der Waals surface area contributed by atoms with Gasteiger partial charge >= 0.3 is 5.97 Å². The topological polar surface area (TPSA) is 74.2 Å². The fourth-order valence-corrected chi connectivity index (χ4v) is 4.18. The maximum atomic E-state index is 13.0. The third-order valence-corrected chi connectivity index (χ3v) is 6.08. The predicted molar refractivity (Wildman–Crippen MR) is 125 cm³/mol. The lowest BCUT2D eigenvalue weighted by molar-refractivity contribution is -0.153. The van der Waals surface area contributed by atoms with E-state index in [2.05, 4.69) is 15.1 Å². The van der Waals surface area contributed by atoms with Gasteiger partial charge in [0.15, 0.2) is 5.92 Å². The summed E-state index contributed by atoms with van der Waals surface area (Å²) >= 11 is 6.00. The molecule has 1 saturated heterocycles. The van der Waals surface area contributed by atoms with Gasteiger partial charge in [-0.1, -0.05) is 41.4 Å². The molecule has 0 saturated carbocycles. The first-order valence-corrected chi connectivity index (χ1v) is 11.2. The van der Waals surface area contributed by atoms with Crippen LogP contribution in [0.2, 0.25) is 5.02 Å². The number of carbonyl (C=O) groups is 2. The van der Waals surface area contributed by atoms with Crippen LogP contribution in [0.25, 0.3) is 0 Å². The van der Waals surface area contributed by atoms with E-state index in [4.69, 9.17) is 21.3 Å². The van der Waals surface area contributed by atoms with Gasteiger partial charge in [-0.15, -0.1) is 0 Å². The molecule has 1 N–H and O–H groups in total. The van der Waals surface area contributed by atoms with E-state index in [9.17, 15) is 9.59 Å². The van der Waals surface area contributed by atoms with Crippen LogP contribution in [0.3, 0.4) is 0 Å². The zero-order valence-corrected chi connectivity index (χ0v) is 19.0. The molecule has 2 aliphatic rings. The quantitative estimate of drug-likeness (QED) is 0.567. The smallest absolute Gasteiger partial charge is 0.321 e. The Bertz CT molecular complexity index is 999. The summed E-state index contributed by atoms with van der Waals surface area (Å²) in [7, 11) is 0. The number of amides is 1. The fraction of sp³-hybridized carbons (Fsp3) is 0.375. The Kier molecular flexibility index (Phi) is 6.65. The van der Waals surface area contributed by atoms with Gasteiger partial charge in [0, 0.05) is 36.9 Å². The number of benzene rings is 2.